The van der Waals surface area contributed by atoms with E-state index < -0.39 is 27.3 Å². The number of aromatic nitrogens is 2. The third-order valence-corrected chi connectivity index (χ3v) is 9.17. The van der Waals surface area contributed by atoms with Crippen LogP contribution in [0.25, 0.3) is 16.6 Å². The van der Waals surface area contributed by atoms with Gasteiger partial charge in [-0.1, -0.05) is 0 Å². The first-order chi connectivity index (χ1) is 19.2. The van der Waals surface area contributed by atoms with Gasteiger partial charge in [-0.15, -0.1) is 11.3 Å². The van der Waals surface area contributed by atoms with Gasteiger partial charge >= 0.3 is 11.7 Å². The molecule has 0 spiro atoms. The Labute approximate surface area is 233 Å². The number of fused-ring (bicyclic) bond motifs is 1. The zero-order valence-corrected chi connectivity index (χ0v) is 23.2. The molecular formula is C26H28N6O6S2. The van der Waals surface area contributed by atoms with Crippen molar-refractivity contribution in [2.24, 2.45) is 0 Å². The second-order valence-electron chi connectivity index (χ2n) is 9.18. The molecule has 210 valence electrons. The summed E-state index contributed by atoms with van der Waals surface area (Å²) >= 11 is 1.05. The molecule has 1 aliphatic heterocycles. The predicted octanol–water partition coefficient (Wildman–Crippen LogP) is 2.30. The first-order valence-corrected chi connectivity index (χ1v) is 14.8. The number of thiophene rings is 1. The molecule has 2 amide bonds. The van der Waals surface area contributed by atoms with E-state index in [-0.39, 0.29) is 15.6 Å². The minimum atomic E-state index is -4.00. The zero-order valence-electron chi connectivity index (χ0n) is 21.6. The average Bonchev–Trinajstić information content (AvgIpc) is 3.37. The lowest BCUT2D eigenvalue weighted by molar-refractivity contribution is 0.0398. The van der Waals surface area contributed by atoms with E-state index in [1.807, 2.05) is 4.72 Å². The van der Waals surface area contributed by atoms with Crippen LogP contribution in [0.4, 0.5) is 16.2 Å². The van der Waals surface area contributed by atoms with Gasteiger partial charge in [-0.05, 0) is 61.5 Å². The number of nitrogens with zero attached hydrogens (tertiary/aromatic N) is 2. The molecule has 2 aromatic heterocycles. The lowest BCUT2D eigenvalue weighted by Gasteiger charge is -2.26. The summed E-state index contributed by atoms with van der Waals surface area (Å²) in [6.07, 6.45) is 0. The number of hydrogen-bond donors (Lipinski definition) is 4. The highest BCUT2D eigenvalue weighted by atomic mass is 32.2. The Hall–Kier alpha value is -3.98. The molecule has 0 aliphatic carbocycles. The Morgan fingerprint density at radius 2 is 1.75 bits per heavy atom. The van der Waals surface area contributed by atoms with Crippen LogP contribution >= 0.6 is 11.3 Å². The van der Waals surface area contributed by atoms with E-state index in [1.165, 1.54) is 30.3 Å². The van der Waals surface area contributed by atoms with Crippen LogP contribution in [0.15, 0.2) is 68.4 Å². The van der Waals surface area contributed by atoms with Gasteiger partial charge in [0.15, 0.2) is 0 Å². The van der Waals surface area contributed by atoms with Crippen molar-refractivity contribution in [1.29, 1.82) is 0 Å². The number of morpholine rings is 1. The topological polar surface area (TPSA) is 155 Å². The summed E-state index contributed by atoms with van der Waals surface area (Å²) in [5, 5.41) is 6.11. The van der Waals surface area contributed by atoms with Gasteiger partial charge in [0.1, 0.15) is 4.21 Å². The number of aromatic amines is 1. The summed E-state index contributed by atoms with van der Waals surface area (Å²) in [6.45, 7) is 6.60. The fraction of sp³-hybridized carbons (Fsp3) is 0.269. The highest BCUT2D eigenvalue weighted by Crippen LogP contribution is 2.21. The van der Waals surface area contributed by atoms with Crippen LogP contribution < -0.4 is 26.6 Å². The third-order valence-electron chi connectivity index (χ3n) is 6.35. The molecule has 0 saturated carbocycles. The monoisotopic (exact) mass is 584 g/mol. The largest absolute Gasteiger partial charge is 0.384 e. The highest BCUT2D eigenvalue weighted by molar-refractivity contribution is 7.92. The number of nitrogens with one attached hydrogen (secondary N) is 4. The zero-order chi connectivity index (χ0) is 28.3. The number of ether oxygens (including phenoxy) is 1. The molecule has 0 unspecified atom stereocenters. The molecule has 0 atom stereocenters. The second-order valence-corrected chi connectivity index (χ2v) is 12.4. The Morgan fingerprint density at radius 3 is 2.45 bits per heavy atom. The molecule has 1 saturated heterocycles. The van der Waals surface area contributed by atoms with Gasteiger partial charge in [-0.25, -0.2) is 27.3 Å². The van der Waals surface area contributed by atoms with E-state index in [1.54, 1.807) is 31.2 Å². The second kappa shape index (κ2) is 11.6. The summed E-state index contributed by atoms with van der Waals surface area (Å²) < 4.78 is 33.1. The highest BCUT2D eigenvalue weighted by Gasteiger charge is 2.19. The Kier molecular flexibility index (Phi) is 8.02. The van der Waals surface area contributed by atoms with Crippen LogP contribution in [0.1, 0.15) is 4.88 Å². The van der Waals surface area contributed by atoms with Gasteiger partial charge in [0.25, 0.3) is 15.6 Å². The average molecular weight is 585 g/mol. The first kappa shape index (κ1) is 27.6. The van der Waals surface area contributed by atoms with Gasteiger partial charge in [0.2, 0.25) is 0 Å². The molecular weight excluding hydrogens is 556 g/mol. The molecule has 2 aromatic carbocycles. The molecule has 4 N–H and O–H groups in total. The van der Waals surface area contributed by atoms with Crippen molar-refractivity contribution < 1.29 is 17.9 Å². The van der Waals surface area contributed by atoms with Crippen molar-refractivity contribution in [2.45, 2.75) is 11.1 Å². The van der Waals surface area contributed by atoms with Crippen molar-refractivity contribution in [3.8, 4) is 5.69 Å². The lowest BCUT2D eigenvalue weighted by Crippen LogP contribution is -2.39. The van der Waals surface area contributed by atoms with Crippen molar-refractivity contribution in [2.75, 3.05) is 50.0 Å². The van der Waals surface area contributed by atoms with Crippen molar-refractivity contribution in [3.63, 3.8) is 0 Å². The number of urea groups is 1. The molecule has 12 nitrogen and oxygen atoms in total. The third kappa shape index (κ3) is 6.25. The fourth-order valence-corrected chi connectivity index (χ4v) is 6.52. The maximum atomic E-state index is 13.2. The standard InChI is InChI=1S/C26H28N6O6S2/c1-17-2-9-23(39-17)40(36,37)30-25(34)28-18-3-6-20(7-4-18)32-24(33)21-8-5-19(16-22(21)29-26(32)35)27-10-11-31-12-14-38-15-13-31/h2-9,16,27H,10-15H2,1H3,(H,29,35)(H2,28,30,34). The van der Waals surface area contributed by atoms with E-state index in [4.69, 9.17) is 4.74 Å². The normalized spacial score (nSPS) is 14.2. The van der Waals surface area contributed by atoms with Crippen LogP contribution in [0.5, 0.6) is 0 Å². The van der Waals surface area contributed by atoms with E-state index >= 15 is 0 Å². The smallest absolute Gasteiger partial charge is 0.333 e. The van der Waals surface area contributed by atoms with Crippen LogP contribution in [-0.4, -0.2) is 68.3 Å². The minimum Gasteiger partial charge on any atom is -0.384 e. The number of amides is 2. The van der Waals surface area contributed by atoms with E-state index in [0.717, 1.165) is 59.3 Å². The molecule has 0 bridgehead atoms. The Morgan fingerprint density at radius 1 is 1.02 bits per heavy atom. The molecule has 40 heavy (non-hydrogen) atoms. The quantitative estimate of drug-likeness (QED) is 0.246. The van der Waals surface area contributed by atoms with Crippen LogP contribution in [0.3, 0.4) is 0 Å². The molecule has 3 heterocycles. The van der Waals surface area contributed by atoms with Crippen LogP contribution in [0.2, 0.25) is 0 Å². The van der Waals surface area contributed by atoms with Gasteiger partial charge in [0.05, 0.1) is 29.8 Å². The van der Waals surface area contributed by atoms with Gasteiger partial charge < -0.3 is 20.4 Å². The van der Waals surface area contributed by atoms with E-state index in [2.05, 4.69) is 20.5 Å². The number of carbonyl (C=O) groups excluding carboxylic acids is 1. The number of H-pyrrole nitrogens is 1. The molecule has 0 radical (unpaired) electrons. The maximum Gasteiger partial charge on any atom is 0.333 e. The van der Waals surface area contributed by atoms with E-state index in [0.29, 0.717) is 17.4 Å². The van der Waals surface area contributed by atoms with Gasteiger partial charge in [0, 0.05) is 42.4 Å². The van der Waals surface area contributed by atoms with Crippen LogP contribution in [-0.2, 0) is 14.8 Å². The predicted molar refractivity (Wildman–Crippen MR) is 154 cm³/mol. The number of rotatable bonds is 8. The number of benzene rings is 2. The number of aryl methyl sites for hydroxylation is 1. The maximum absolute atomic E-state index is 13.2. The van der Waals surface area contributed by atoms with E-state index in [9.17, 15) is 22.8 Å². The van der Waals surface area contributed by atoms with Crippen molar-refractivity contribution in [3.05, 3.63) is 80.3 Å². The first-order valence-electron chi connectivity index (χ1n) is 12.5. The molecule has 1 fully saturated rings. The number of sulfonamides is 1. The lowest BCUT2D eigenvalue weighted by atomic mass is 10.2. The Balaban J connectivity index is 1.27. The minimum absolute atomic E-state index is 0.0290. The SMILES string of the molecule is Cc1ccc(S(=O)(=O)NC(=O)Nc2ccc(-n3c(=O)[nH]c4cc(NCCN5CCOCC5)ccc4c3=O)cc2)s1. The van der Waals surface area contributed by atoms with Gasteiger partial charge in [-0.2, -0.15) is 0 Å². The molecule has 1 aliphatic rings. The van der Waals surface area contributed by atoms with Crippen LogP contribution in [0, 0.1) is 6.92 Å². The number of carbonyl (C=O) groups is 1. The van der Waals surface area contributed by atoms with Crippen molar-refractivity contribution >= 4 is 49.7 Å². The number of anilines is 2. The summed E-state index contributed by atoms with van der Waals surface area (Å²) in [4.78, 5) is 44.2. The number of hydrogen-bond acceptors (Lipinski definition) is 9. The fourth-order valence-electron chi connectivity index (χ4n) is 4.32. The summed E-state index contributed by atoms with van der Waals surface area (Å²) in [7, 11) is -4.00. The molecule has 14 heteroatoms. The summed E-state index contributed by atoms with van der Waals surface area (Å²) in [6, 6.07) is 13.2. The summed E-state index contributed by atoms with van der Waals surface area (Å²) in [5.74, 6) is 0. The molecule has 4 aromatic rings. The van der Waals surface area contributed by atoms with Crippen molar-refractivity contribution in [1.82, 2.24) is 19.2 Å². The molecule has 5 rings (SSSR count). The Bertz CT molecular complexity index is 1750. The van der Waals surface area contributed by atoms with Gasteiger partial charge in [-0.3, -0.25) is 9.69 Å². The summed E-state index contributed by atoms with van der Waals surface area (Å²) in [5.41, 5.74) is 0.664.